The van der Waals surface area contributed by atoms with Crippen molar-refractivity contribution in [3.63, 3.8) is 0 Å². The molecule has 2 aromatic carbocycles. The fraction of sp³-hybridized carbons (Fsp3) is 0.130. The second-order valence-electron chi connectivity index (χ2n) is 7.24. The number of nitrogens with zero attached hydrogens (tertiary/aromatic N) is 5. The summed E-state index contributed by atoms with van der Waals surface area (Å²) >= 11 is 7.31. The summed E-state index contributed by atoms with van der Waals surface area (Å²) in [7, 11) is 3.17. The van der Waals surface area contributed by atoms with Gasteiger partial charge in [0.2, 0.25) is 5.91 Å². The largest absolute Gasteiger partial charge is 0.497 e. The van der Waals surface area contributed by atoms with E-state index in [2.05, 4.69) is 20.6 Å². The van der Waals surface area contributed by atoms with E-state index in [0.29, 0.717) is 27.3 Å². The van der Waals surface area contributed by atoms with Crippen LogP contribution in [-0.2, 0) is 4.79 Å². The molecular formula is C23H19ClN6O3S. The number of benzene rings is 2. The fourth-order valence-electron chi connectivity index (χ4n) is 3.49. The van der Waals surface area contributed by atoms with E-state index in [0.717, 1.165) is 22.5 Å². The quantitative estimate of drug-likeness (QED) is 0.334. The Balaban J connectivity index is 1.35. The van der Waals surface area contributed by atoms with Gasteiger partial charge in [-0.15, -0.1) is 10.2 Å². The van der Waals surface area contributed by atoms with Gasteiger partial charge in [-0.05, 0) is 48.5 Å². The van der Waals surface area contributed by atoms with Gasteiger partial charge in [-0.1, -0.05) is 23.4 Å². The summed E-state index contributed by atoms with van der Waals surface area (Å²) in [4.78, 5) is 12.5. The molecule has 0 saturated heterocycles. The second kappa shape index (κ2) is 9.24. The van der Waals surface area contributed by atoms with Gasteiger partial charge >= 0.3 is 0 Å². The van der Waals surface area contributed by atoms with Crippen LogP contribution in [0, 0.1) is 0 Å². The number of nitrogens with one attached hydrogen (secondary N) is 1. The first-order valence-corrected chi connectivity index (χ1v) is 11.6. The zero-order valence-corrected chi connectivity index (χ0v) is 19.8. The molecule has 172 valence electrons. The minimum Gasteiger partial charge on any atom is -0.497 e. The molecule has 3 heterocycles. The van der Waals surface area contributed by atoms with E-state index in [4.69, 9.17) is 21.1 Å². The van der Waals surface area contributed by atoms with Crippen LogP contribution in [0.4, 0.5) is 5.69 Å². The summed E-state index contributed by atoms with van der Waals surface area (Å²) in [5.74, 6) is 1.24. The van der Waals surface area contributed by atoms with Crippen LogP contribution in [0.15, 0.2) is 66.1 Å². The van der Waals surface area contributed by atoms with E-state index in [9.17, 15) is 4.79 Å². The minimum absolute atomic E-state index is 0.137. The van der Waals surface area contributed by atoms with Crippen molar-refractivity contribution in [1.29, 1.82) is 0 Å². The lowest BCUT2D eigenvalue weighted by molar-refractivity contribution is -0.113. The molecule has 1 amide bonds. The third-order valence-electron chi connectivity index (χ3n) is 5.14. The average Bonchev–Trinajstić information content (AvgIpc) is 3.47. The molecule has 0 radical (unpaired) electrons. The Morgan fingerprint density at radius 2 is 1.88 bits per heavy atom. The summed E-state index contributed by atoms with van der Waals surface area (Å²) in [5.41, 5.74) is 3.74. The lowest BCUT2D eigenvalue weighted by atomic mass is 10.1. The van der Waals surface area contributed by atoms with Crippen LogP contribution in [0.2, 0.25) is 5.02 Å². The van der Waals surface area contributed by atoms with E-state index >= 15 is 0 Å². The Morgan fingerprint density at radius 3 is 2.65 bits per heavy atom. The molecule has 34 heavy (non-hydrogen) atoms. The van der Waals surface area contributed by atoms with Gasteiger partial charge in [0.05, 0.1) is 31.4 Å². The van der Waals surface area contributed by atoms with Crippen LogP contribution in [0.1, 0.15) is 0 Å². The van der Waals surface area contributed by atoms with Crippen molar-refractivity contribution in [2.24, 2.45) is 0 Å². The summed E-state index contributed by atoms with van der Waals surface area (Å²) in [5, 5.41) is 17.2. The number of rotatable bonds is 7. The molecule has 11 heteroatoms. The van der Waals surface area contributed by atoms with Crippen molar-refractivity contribution in [3.8, 4) is 22.8 Å². The number of hydrogen-bond acceptors (Lipinski definition) is 7. The lowest BCUT2D eigenvalue weighted by Crippen LogP contribution is -2.15. The van der Waals surface area contributed by atoms with Crippen molar-refractivity contribution >= 4 is 46.1 Å². The first-order chi connectivity index (χ1) is 16.6. The number of anilines is 1. The molecule has 1 N–H and O–H groups in total. The Kier molecular flexibility index (Phi) is 5.99. The van der Waals surface area contributed by atoms with Gasteiger partial charge in [-0.2, -0.15) is 5.10 Å². The monoisotopic (exact) mass is 494 g/mol. The highest BCUT2D eigenvalue weighted by Gasteiger charge is 2.15. The van der Waals surface area contributed by atoms with Crippen LogP contribution in [0.3, 0.4) is 0 Å². The lowest BCUT2D eigenvalue weighted by Gasteiger charge is -2.10. The molecule has 3 aromatic heterocycles. The second-order valence-corrected chi connectivity index (χ2v) is 8.62. The highest BCUT2D eigenvalue weighted by molar-refractivity contribution is 7.99. The third-order valence-corrected chi connectivity index (χ3v) is 6.32. The molecule has 0 atom stereocenters. The topological polar surface area (TPSA) is 95.0 Å². The molecule has 0 fully saturated rings. The number of fused-ring (bicyclic) bond motifs is 3. The number of hydrogen-bond donors (Lipinski definition) is 1. The molecule has 0 aliphatic heterocycles. The number of aromatic nitrogens is 5. The molecule has 0 saturated carbocycles. The maximum absolute atomic E-state index is 12.5. The molecule has 5 aromatic rings. The van der Waals surface area contributed by atoms with E-state index in [1.807, 2.05) is 47.1 Å². The number of carbonyl (C=O) groups excluding carboxylic acids is 1. The Labute approximate surface area is 203 Å². The molecule has 0 aliphatic carbocycles. The van der Waals surface area contributed by atoms with E-state index in [1.54, 1.807) is 29.8 Å². The third kappa shape index (κ3) is 4.25. The smallest absolute Gasteiger partial charge is 0.234 e. The van der Waals surface area contributed by atoms with Crippen molar-refractivity contribution < 1.29 is 14.3 Å². The molecule has 0 unspecified atom stereocenters. The van der Waals surface area contributed by atoms with Crippen molar-refractivity contribution in [2.45, 2.75) is 5.16 Å². The van der Waals surface area contributed by atoms with E-state index in [-0.39, 0.29) is 11.7 Å². The molecule has 0 spiro atoms. The van der Waals surface area contributed by atoms with Crippen LogP contribution in [0.25, 0.3) is 22.4 Å². The Morgan fingerprint density at radius 1 is 1.06 bits per heavy atom. The minimum atomic E-state index is -0.213. The highest BCUT2D eigenvalue weighted by Crippen LogP contribution is 2.29. The van der Waals surface area contributed by atoms with Crippen molar-refractivity contribution in [2.75, 3.05) is 25.3 Å². The van der Waals surface area contributed by atoms with Gasteiger partial charge < -0.3 is 14.8 Å². The summed E-state index contributed by atoms with van der Waals surface area (Å²) in [6, 6.07) is 14.7. The summed E-state index contributed by atoms with van der Waals surface area (Å²) < 4.78 is 14.1. The Bertz CT molecular complexity index is 1500. The number of thioether (sulfide) groups is 1. The average molecular weight is 495 g/mol. The predicted molar refractivity (Wildman–Crippen MR) is 131 cm³/mol. The van der Waals surface area contributed by atoms with Gasteiger partial charge in [-0.25, -0.2) is 4.52 Å². The zero-order valence-electron chi connectivity index (χ0n) is 18.2. The van der Waals surface area contributed by atoms with Gasteiger partial charge in [0.15, 0.2) is 10.8 Å². The summed E-state index contributed by atoms with van der Waals surface area (Å²) in [6.45, 7) is 0. The number of amides is 1. The predicted octanol–water partition coefficient (Wildman–Crippen LogP) is 4.45. The fourth-order valence-corrected chi connectivity index (χ4v) is 4.38. The van der Waals surface area contributed by atoms with E-state index in [1.165, 1.54) is 18.9 Å². The molecule has 0 bridgehead atoms. The first kappa shape index (κ1) is 22.1. The van der Waals surface area contributed by atoms with Crippen molar-refractivity contribution in [1.82, 2.24) is 24.2 Å². The summed E-state index contributed by atoms with van der Waals surface area (Å²) in [6.07, 6.45) is 3.66. The van der Waals surface area contributed by atoms with Gasteiger partial charge in [0.25, 0.3) is 0 Å². The van der Waals surface area contributed by atoms with Gasteiger partial charge in [0.1, 0.15) is 17.0 Å². The van der Waals surface area contributed by atoms with Gasteiger partial charge in [-0.3, -0.25) is 9.20 Å². The number of methoxy groups -OCH3 is 2. The zero-order chi connectivity index (χ0) is 23.7. The van der Waals surface area contributed by atoms with E-state index < -0.39 is 0 Å². The molecular weight excluding hydrogens is 476 g/mol. The highest BCUT2D eigenvalue weighted by atomic mass is 35.5. The van der Waals surface area contributed by atoms with Gasteiger partial charge in [0, 0.05) is 23.0 Å². The van der Waals surface area contributed by atoms with Crippen molar-refractivity contribution in [3.05, 3.63) is 65.9 Å². The molecule has 5 rings (SSSR count). The molecule has 9 nitrogen and oxygen atoms in total. The maximum Gasteiger partial charge on any atom is 0.234 e. The normalized spacial score (nSPS) is 11.1. The van der Waals surface area contributed by atoms with Crippen LogP contribution < -0.4 is 14.8 Å². The van der Waals surface area contributed by atoms with Crippen LogP contribution >= 0.6 is 23.4 Å². The Hall–Kier alpha value is -3.76. The first-order valence-electron chi connectivity index (χ1n) is 10.2. The number of halogens is 1. The van der Waals surface area contributed by atoms with Crippen LogP contribution in [-0.4, -0.2) is 50.1 Å². The van der Waals surface area contributed by atoms with Crippen LogP contribution in [0.5, 0.6) is 11.5 Å². The number of ether oxygens (including phenoxy) is 2. The maximum atomic E-state index is 12.5. The SMILES string of the molecule is COc1ccc(-c2cc3c4nnc(SCC(=O)Nc5cc(Cl)ccc5OC)n4ccn3n2)cc1. The molecule has 0 aliphatic rings. The number of carbonyl (C=O) groups is 1. The standard InChI is InChI=1S/C23H19ClN6O3S/c1-32-16-6-3-14(4-7-16)17-12-19-22-26-27-23(29(22)9-10-30(19)28-17)34-13-21(31)25-18-11-15(24)5-8-20(18)33-2/h3-12H,13H2,1-2H3,(H,25,31).